The zero-order valence-electron chi connectivity index (χ0n) is 10.6. The Morgan fingerprint density at radius 3 is 1.73 bits per heavy atom. The molecule has 0 aromatic rings. The van der Waals surface area contributed by atoms with E-state index in [1.165, 1.54) is 6.42 Å². The van der Waals surface area contributed by atoms with Crippen molar-refractivity contribution in [2.75, 3.05) is 0 Å². The van der Waals surface area contributed by atoms with Crippen LogP contribution in [0.25, 0.3) is 0 Å². The maximum atomic E-state index is 2.49. The van der Waals surface area contributed by atoms with Gasteiger partial charge < -0.3 is 0 Å². The van der Waals surface area contributed by atoms with E-state index in [9.17, 15) is 0 Å². The second-order valence-electron chi connectivity index (χ2n) is 6.93. The van der Waals surface area contributed by atoms with Crippen LogP contribution >= 0.6 is 0 Å². The number of hydrogen-bond donors (Lipinski definition) is 0. The SMILES string of the molecule is CCC1(C(C)C)C2CC3CC(C2)CC1C3. The van der Waals surface area contributed by atoms with Gasteiger partial charge in [-0.2, -0.15) is 0 Å². The summed E-state index contributed by atoms with van der Waals surface area (Å²) >= 11 is 0. The molecule has 0 aromatic heterocycles. The molecule has 4 rings (SSSR count). The third kappa shape index (κ3) is 1.20. The Morgan fingerprint density at radius 2 is 1.40 bits per heavy atom. The molecule has 0 nitrogen and oxygen atoms in total. The molecule has 0 aromatic carbocycles. The summed E-state index contributed by atoms with van der Waals surface area (Å²) in [5, 5.41) is 0. The third-order valence-electron chi connectivity index (χ3n) is 6.35. The molecular formula is C15H26. The van der Waals surface area contributed by atoms with Crippen LogP contribution in [0, 0.1) is 35.0 Å². The van der Waals surface area contributed by atoms with Crippen LogP contribution in [0.2, 0.25) is 0 Å². The van der Waals surface area contributed by atoms with E-state index in [1.807, 2.05) is 0 Å². The third-order valence-corrected chi connectivity index (χ3v) is 6.35. The largest absolute Gasteiger partial charge is 0.0648 e. The molecule has 0 amide bonds. The average Bonchev–Trinajstić information content (AvgIpc) is 2.16. The summed E-state index contributed by atoms with van der Waals surface area (Å²) < 4.78 is 0. The van der Waals surface area contributed by atoms with Gasteiger partial charge in [0.2, 0.25) is 0 Å². The van der Waals surface area contributed by atoms with Gasteiger partial charge in [-0.3, -0.25) is 0 Å². The Kier molecular flexibility index (Phi) is 2.20. The molecule has 4 bridgehead atoms. The monoisotopic (exact) mass is 206 g/mol. The molecule has 4 aliphatic carbocycles. The lowest BCUT2D eigenvalue weighted by molar-refractivity contribution is -0.136. The quantitative estimate of drug-likeness (QED) is 0.624. The normalized spacial score (nSPS) is 52.8. The average molecular weight is 206 g/mol. The van der Waals surface area contributed by atoms with Crippen LogP contribution in [0.1, 0.15) is 59.3 Å². The van der Waals surface area contributed by atoms with Gasteiger partial charge in [0.1, 0.15) is 0 Å². The molecule has 0 heteroatoms. The summed E-state index contributed by atoms with van der Waals surface area (Å²) in [6, 6.07) is 0. The maximum absolute atomic E-state index is 2.49. The van der Waals surface area contributed by atoms with Gasteiger partial charge >= 0.3 is 0 Å². The van der Waals surface area contributed by atoms with Gasteiger partial charge in [0.25, 0.3) is 0 Å². The van der Waals surface area contributed by atoms with Crippen LogP contribution in [0.15, 0.2) is 0 Å². The molecule has 0 unspecified atom stereocenters. The molecule has 4 aliphatic rings. The first-order valence-corrected chi connectivity index (χ1v) is 7.16. The molecule has 0 radical (unpaired) electrons. The van der Waals surface area contributed by atoms with Crippen LogP contribution in [-0.4, -0.2) is 0 Å². The van der Waals surface area contributed by atoms with E-state index >= 15 is 0 Å². The first-order chi connectivity index (χ1) is 7.16. The Morgan fingerprint density at radius 1 is 0.933 bits per heavy atom. The summed E-state index contributed by atoms with van der Waals surface area (Å²) in [6.45, 7) is 7.44. The summed E-state index contributed by atoms with van der Waals surface area (Å²) in [5.41, 5.74) is 0.743. The maximum Gasteiger partial charge on any atom is -0.0220 e. The number of hydrogen-bond acceptors (Lipinski definition) is 0. The van der Waals surface area contributed by atoms with Crippen molar-refractivity contribution < 1.29 is 0 Å². The van der Waals surface area contributed by atoms with Crippen molar-refractivity contribution in [3.63, 3.8) is 0 Å². The zero-order valence-corrected chi connectivity index (χ0v) is 10.6. The molecule has 0 atom stereocenters. The molecule has 86 valence electrons. The topological polar surface area (TPSA) is 0 Å². The highest BCUT2D eigenvalue weighted by molar-refractivity contribution is 5.06. The van der Waals surface area contributed by atoms with Crippen molar-refractivity contribution in [1.29, 1.82) is 0 Å². The van der Waals surface area contributed by atoms with E-state index in [4.69, 9.17) is 0 Å². The molecule has 0 aliphatic heterocycles. The van der Waals surface area contributed by atoms with Crippen LogP contribution in [-0.2, 0) is 0 Å². The summed E-state index contributed by atoms with van der Waals surface area (Å²) in [5.74, 6) is 5.37. The second-order valence-corrected chi connectivity index (χ2v) is 6.93. The highest BCUT2D eigenvalue weighted by atomic mass is 14.6. The van der Waals surface area contributed by atoms with Crippen molar-refractivity contribution in [3.8, 4) is 0 Å². The molecule has 4 saturated carbocycles. The molecular weight excluding hydrogens is 180 g/mol. The van der Waals surface area contributed by atoms with E-state index in [0.29, 0.717) is 0 Å². The van der Waals surface area contributed by atoms with Crippen molar-refractivity contribution in [2.45, 2.75) is 59.3 Å². The van der Waals surface area contributed by atoms with Crippen molar-refractivity contribution in [1.82, 2.24) is 0 Å². The molecule has 0 heterocycles. The smallest absolute Gasteiger partial charge is 0.0220 e. The van der Waals surface area contributed by atoms with Gasteiger partial charge in [-0.05, 0) is 73.5 Å². The summed E-state index contributed by atoms with van der Waals surface area (Å²) in [7, 11) is 0. The minimum atomic E-state index is 0.743. The first-order valence-electron chi connectivity index (χ1n) is 7.16. The van der Waals surface area contributed by atoms with E-state index < -0.39 is 0 Å². The van der Waals surface area contributed by atoms with Gasteiger partial charge in [-0.25, -0.2) is 0 Å². The Balaban J connectivity index is 1.96. The Labute approximate surface area is 94.8 Å². The van der Waals surface area contributed by atoms with Gasteiger partial charge in [0, 0.05) is 0 Å². The fraction of sp³-hybridized carbons (Fsp3) is 1.00. The fourth-order valence-electron chi connectivity index (χ4n) is 5.99. The van der Waals surface area contributed by atoms with Gasteiger partial charge in [-0.15, -0.1) is 0 Å². The van der Waals surface area contributed by atoms with Crippen molar-refractivity contribution >= 4 is 0 Å². The van der Waals surface area contributed by atoms with Gasteiger partial charge in [0.05, 0.1) is 0 Å². The molecule has 0 spiro atoms. The van der Waals surface area contributed by atoms with Crippen molar-refractivity contribution in [2.24, 2.45) is 35.0 Å². The van der Waals surface area contributed by atoms with Crippen LogP contribution in [0.4, 0.5) is 0 Å². The lowest BCUT2D eigenvalue weighted by Gasteiger charge is -2.63. The van der Waals surface area contributed by atoms with Crippen LogP contribution < -0.4 is 0 Å². The van der Waals surface area contributed by atoms with Gasteiger partial charge in [-0.1, -0.05) is 20.8 Å². The number of rotatable bonds is 2. The predicted octanol–water partition coefficient (Wildman–Crippen LogP) is 4.49. The van der Waals surface area contributed by atoms with E-state index in [1.54, 1.807) is 32.1 Å². The lowest BCUT2D eigenvalue weighted by Crippen LogP contribution is -2.54. The second kappa shape index (κ2) is 3.25. The molecule has 15 heavy (non-hydrogen) atoms. The van der Waals surface area contributed by atoms with E-state index in [2.05, 4.69) is 20.8 Å². The highest BCUT2D eigenvalue weighted by Gasteiger charge is 2.56. The zero-order chi connectivity index (χ0) is 10.6. The minimum Gasteiger partial charge on any atom is -0.0648 e. The first kappa shape index (κ1) is 10.2. The minimum absolute atomic E-state index is 0.743. The van der Waals surface area contributed by atoms with Crippen LogP contribution in [0.3, 0.4) is 0 Å². The molecule has 4 fully saturated rings. The Hall–Kier alpha value is 0. The molecule has 0 saturated heterocycles. The van der Waals surface area contributed by atoms with E-state index in [-0.39, 0.29) is 0 Å². The Bertz CT molecular complexity index is 223. The fourth-order valence-corrected chi connectivity index (χ4v) is 5.99. The lowest BCUT2D eigenvalue weighted by atomic mass is 9.42. The standard InChI is InChI=1S/C15H26/c1-4-15(10(2)3)13-6-11-5-12(8-13)9-14(15)7-11/h10-14H,4-9H2,1-3H3. The van der Waals surface area contributed by atoms with Gasteiger partial charge in [0.15, 0.2) is 0 Å². The molecule has 0 N–H and O–H groups in total. The summed E-state index contributed by atoms with van der Waals surface area (Å²) in [4.78, 5) is 0. The van der Waals surface area contributed by atoms with Crippen molar-refractivity contribution in [3.05, 3.63) is 0 Å². The summed E-state index contributed by atoms with van der Waals surface area (Å²) in [6.07, 6.45) is 9.36. The van der Waals surface area contributed by atoms with Crippen LogP contribution in [0.5, 0.6) is 0 Å². The highest BCUT2D eigenvalue weighted by Crippen LogP contribution is 2.65. The van der Waals surface area contributed by atoms with E-state index in [0.717, 1.165) is 35.0 Å². The predicted molar refractivity (Wildman–Crippen MR) is 64.6 cm³/mol.